The molecule has 1 aromatic carbocycles. The number of likely N-dealkylation sites (tertiary alicyclic amines) is 1. The summed E-state index contributed by atoms with van der Waals surface area (Å²) in [7, 11) is 0. The van der Waals surface area contributed by atoms with Crippen molar-refractivity contribution in [1.29, 1.82) is 0 Å². The van der Waals surface area contributed by atoms with E-state index in [4.69, 9.17) is 4.74 Å². The monoisotopic (exact) mass is 445 g/mol. The zero-order valence-electron chi connectivity index (χ0n) is 17.9. The molecule has 2 aromatic heterocycles. The molecule has 0 bridgehead atoms. The normalized spacial score (nSPS) is 15.8. The minimum Gasteiger partial charge on any atom is -0.489 e. The number of aliphatic hydroxyl groups is 1. The highest BCUT2D eigenvalue weighted by atomic mass is 32.1. The van der Waals surface area contributed by atoms with Crippen LogP contribution >= 0.6 is 11.3 Å². The molecule has 0 amide bonds. The highest BCUT2D eigenvalue weighted by molar-refractivity contribution is 7.18. The van der Waals surface area contributed by atoms with Crippen molar-refractivity contribution in [3.8, 4) is 11.4 Å². The summed E-state index contributed by atoms with van der Waals surface area (Å²) in [6.07, 6.45) is 3.85. The van der Waals surface area contributed by atoms with Crippen LogP contribution in [0.1, 0.15) is 31.6 Å². The van der Waals surface area contributed by atoms with Crippen LogP contribution in [0.4, 0.5) is 4.39 Å². The van der Waals surface area contributed by atoms with Gasteiger partial charge in [0.2, 0.25) is 0 Å². The average molecular weight is 446 g/mol. The van der Waals surface area contributed by atoms with Gasteiger partial charge in [-0.15, -0.1) is 11.3 Å². The Morgan fingerprint density at radius 3 is 2.74 bits per heavy atom. The topological polar surface area (TPSA) is 67.6 Å². The average Bonchev–Trinajstić information content (AvgIpc) is 3.39. The van der Waals surface area contributed by atoms with Gasteiger partial charge >= 0.3 is 0 Å². The van der Waals surface area contributed by atoms with E-state index in [1.807, 2.05) is 19.9 Å². The molecular formula is C23H28FN3O3S. The van der Waals surface area contributed by atoms with Gasteiger partial charge in [-0.3, -0.25) is 14.3 Å². The first-order valence-corrected chi connectivity index (χ1v) is 11.6. The van der Waals surface area contributed by atoms with Gasteiger partial charge in [0, 0.05) is 23.9 Å². The van der Waals surface area contributed by atoms with Crippen LogP contribution in [0.15, 0.2) is 35.4 Å². The molecule has 1 fully saturated rings. The van der Waals surface area contributed by atoms with Crippen LogP contribution in [0.2, 0.25) is 0 Å². The number of nitrogens with zero attached hydrogens (tertiary/aromatic N) is 3. The Morgan fingerprint density at radius 2 is 2.03 bits per heavy atom. The van der Waals surface area contributed by atoms with E-state index in [0.29, 0.717) is 28.9 Å². The Bertz CT molecular complexity index is 1110. The molecule has 0 radical (unpaired) electrons. The van der Waals surface area contributed by atoms with Crippen molar-refractivity contribution in [2.75, 3.05) is 26.2 Å². The molecule has 1 aliphatic heterocycles. The van der Waals surface area contributed by atoms with Gasteiger partial charge in [0.25, 0.3) is 5.56 Å². The van der Waals surface area contributed by atoms with Crippen LogP contribution in [-0.2, 0) is 6.42 Å². The van der Waals surface area contributed by atoms with Crippen LogP contribution in [0, 0.1) is 11.7 Å². The summed E-state index contributed by atoms with van der Waals surface area (Å²) >= 11 is 1.33. The van der Waals surface area contributed by atoms with E-state index in [1.54, 1.807) is 12.1 Å². The highest BCUT2D eigenvalue weighted by Crippen LogP contribution is 2.25. The molecule has 1 aliphatic rings. The molecule has 1 saturated heterocycles. The van der Waals surface area contributed by atoms with Crippen LogP contribution in [0.5, 0.6) is 5.75 Å². The predicted molar refractivity (Wildman–Crippen MR) is 121 cm³/mol. The van der Waals surface area contributed by atoms with Crippen molar-refractivity contribution in [2.24, 2.45) is 5.92 Å². The second kappa shape index (κ2) is 9.46. The molecule has 31 heavy (non-hydrogen) atoms. The number of aromatic nitrogens is 2. The lowest BCUT2D eigenvalue weighted by Gasteiger charge is -2.15. The summed E-state index contributed by atoms with van der Waals surface area (Å²) in [6, 6.07) is 6.37. The maximum absolute atomic E-state index is 14.6. The molecule has 3 heterocycles. The lowest BCUT2D eigenvalue weighted by atomic mass is 10.0. The van der Waals surface area contributed by atoms with Gasteiger partial charge in [-0.2, -0.15) is 0 Å². The number of benzene rings is 1. The maximum atomic E-state index is 14.6. The van der Waals surface area contributed by atoms with E-state index < -0.39 is 11.9 Å². The summed E-state index contributed by atoms with van der Waals surface area (Å²) in [5.74, 6) is -0.183. The summed E-state index contributed by atoms with van der Waals surface area (Å²) in [4.78, 5) is 20.6. The molecule has 4 rings (SSSR count). The smallest absolute Gasteiger partial charge is 0.275 e. The summed E-state index contributed by atoms with van der Waals surface area (Å²) < 4.78 is 22.1. The lowest BCUT2D eigenvalue weighted by Crippen LogP contribution is -2.25. The van der Waals surface area contributed by atoms with Gasteiger partial charge in [0.15, 0.2) is 11.6 Å². The lowest BCUT2D eigenvalue weighted by molar-refractivity contribution is 0.126. The molecular weight excluding hydrogens is 417 g/mol. The predicted octanol–water partition coefficient (Wildman–Crippen LogP) is 3.62. The molecule has 8 heteroatoms. The van der Waals surface area contributed by atoms with E-state index in [2.05, 4.69) is 9.88 Å². The first-order chi connectivity index (χ1) is 14.9. The number of rotatable bonds is 8. The van der Waals surface area contributed by atoms with E-state index in [1.165, 1.54) is 41.1 Å². The highest BCUT2D eigenvalue weighted by Gasteiger charge is 2.16. The zero-order valence-corrected chi connectivity index (χ0v) is 18.7. The van der Waals surface area contributed by atoms with E-state index in [9.17, 15) is 14.3 Å². The summed E-state index contributed by atoms with van der Waals surface area (Å²) in [5, 5.41) is 10.1. The van der Waals surface area contributed by atoms with Gasteiger partial charge in [-0.25, -0.2) is 9.37 Å². The third kappa shape index (κ3) is 4.97. The molecule has 0 spiro atoms. The molecule has 166 valence electrons. The summed E-state index contributed by atoms with van der Waals surface area (Å²) in [5.41, 5.74) is 0.753. The first kappa shape index (κ1) is 21.9. The van der Waals surface area contributed by atoms with Crippen LogP contribution < -0.4 is 10.3 Å². The Kier molecular flexibility index (Phi) is 6.69. The van der Waals surface area contributed by atoms with Gasteiger partial charge in [0.05, 0.1) is 17.3 Å². The van der Waals surface area contributed by atoms with Crippen molar-refractivity contribution >= 4 is 21.6 Å². The molecule has 1 atom stereocenters. The first-order valence-electron chi connectivity index (χ1n) is 10.8. The largest absolute Gasteiger partial charge is 0.489 e. The SMILES string of the molecule is CC(C)C(O)Cc1cc2ncn(-c3ccc(OCCN4CCCC4)c(F)c3)c(=O)c2s1. The van der Waals surface area contributed by atoms with Gasteiger partial charge in [0.1, 0.15) is 17.6 Å². The number of fused-ring (bicyclic) bond motifs is 1. The second-order valence-electron chi connectivity index (χ2n) is 8.37. The van der Waals surface area contributed by atoms with E-state index >= 15 is 0 Å². The van der Waals surface area contributed by atoms with E-state index in [0.717, 1.165) is 24.5 Å². The van der Waals surface area contributed by atoms with Crippen LogP contribution in [-0.4, -0.2) is 51.9 Å². The van der Waals surface area contributed by atoms with Crippen molar-refractivity contribution in [3.05, 3.63) is 51.6 Å². The van der Waals surface area contributed by atoms with Crippen molar-refractivity contribution in [1.82, 2.24) is 14.5 Å². The Morgan fingerprint density at radius 1 is 1.26 bits per heavy atom. The van der Waals surface area contributed by atoms with Gasteiger partial charge in [-0.1, -0.05) is 13.8 Å². The molecule has 0 saturated carbocycles. The van der Waals surface area contributed by atoms with E-state index in [-0.39, 0.29) is 17.2 Å². The Balaban J connectivity index is 1.51. The number of thiophene rings is 1. The van der Waals surface area contributed by atoms with Gasteiger partial charge in [-0.05, 0) is 50.0 Å². The minimum absolute atomic E-state index is 0.133. The zero-order chi connectivity index (χ0) is 22.0. The fourth-order valence-corrected chi connectivity index (χ4v) is 4.82. The molecule has 1 unspecified atom stereocenters. The minimum atomic E-state index is -0.502. The number of ether oxygens (including phenoxy) is 1. The summed E-state index contributed by atoms with van der Waals surface area (Å²) in [6.45, 7) is 7.28. The number of halogens is 1. The van der Waals surface area contributed by atoms with Crippen LogP contribution in [0.25, 0.3) is 15.9 Å². The number of hydrogen-bond acceptors (Lipinski definition) is 6. The third-order valence-electron chi connectivity index (χ3n) is 5.73. The molecule has 6 nitrogen and oxygen atoms in total. The fourth-order valence-electron chi connectivity index (χ4n) is 3.74. The van der Waals surface area contributed by atoms with Crippen molar-refractivity contribution < 1.29 is 14.2 Å². The Labute approximate surface area is 184 Å². The third-order valence-corrected chi connectivity index (χ3v) is 6.86. The maximum Gasteiger partial charge on any atom is 0.275 e. The number of hydrogen-bond donors (Lipinski definition) is 1. The quantitative estimate of drug-likeness (QED) is 0.574. The Hall–Kier alpha value is -2.29. The second-order valence-corrected chi connectivity index (χ2v) is 9.51. The van der Waals surface area contributed by atoms with Crippen molar-refractivity contribution in [2.45, 2.75) is 39.2 Å². The standard InChI is InChI=1S/C23H28FN3O3S/c1-15(2)20(28)13-17-12-19-22(31-17)23(29)27(14-25-19)16-5-6-21(18(24)11-16)30-10-9-26-7-3-4-8-26/h5-6,11-12,14-15,20,28H,3-4,7-10,13H2,1-2H3. The van der Waals surface area contributed by atoms with Crippen molar-refractivity contribution in [3.63, 3.8) is 0 Å². The molecule has 1 N–H and O–H groups in total. The van der Waals surface area contributed by atoms with Gasteiger partial charge < -0.3 is 9.84 Å². The van der Waals surface area contributed by atoms with Crippen LogP contribution in [0.3, 0.4) is 0 Å². The molecule has 0 aliphatic carbocycles. The molecule has 3 aromatic rings. The fraction of sp³-hybridized carbons (Fsp3) is 0.478. The number of aliphatic hydroxyl groups excluding tert-OH is 1.